The van der Waals surface area contributed by atoms with Crippen LogP contribution in [0.1, 0.15) is 41.3 Å². The van der Waals surface area contributed by atoms with Gasteiger partial charge in [0.1, 0.15) is 17.4 Å². The van der Waals surface area contributed by atoms with E-state index in [0.29, 0.717) is 0 Å². The van der Waals surface area contributed by atoms with Crippen LogP contribution in [0.3, 0.4) is 0 Å². The van der Waals surface area contributed by atoms with E-state index in [1.54, 1.807) is 6.92 Å². The van der Waals surface area contributed by atoms with Crippen LogP contribution in [0.5, 0.6) is 0 Å². The Kier molecular flexibility index (Phi) is 4.27. The zero-order chi connectivity index (χ0) is 16.4. The van der Waals surface area contributed by atoms with Gasteiger partial charge in [-0.15, -0.1) is 0 Å². The third-order valence-corrected chi connectivity index (χ3v) is 3.89. The van der Waals surface area contributed by atoms with Crippen molar-refractivity contribution in [2.75, 3.05) is 11.9 Å². The number of esters is 1. The summed E-state index contributed by atoms with van der Waals surface area (Å²) in [5.41, 5.74) is 1.07. The molecule has 1 N–H and O–H groups in total. The maximum Gasteiger partial charge on any atom is 0.343 e. The molecule has 0 saturated carbocycles. The number of alkyl halides is 2. The first-order valence-corrected chi connectivity index (χ1v) is 7.46. The summed E-state index contributed by atoms with van der Waals surface area (Å²) < 4.78 is 33.0. The van der Waals surface area contributed by atoms with Gasteiger partial charge in [0.25, 0.3) is 6.43 Å². The number of carbonyl (C=O) groups is 1. The molecule has 2 atom stereocenters. The molecule has 1 aliphatic rings. The lowest BCUT2D eigenvalue weighted by Gasteiger charge is -2.32. The summed E-state index contributed by atoms with van der Waals surface area (Å²) in [4.78, 5) is 12.0. The average Bonchev–Trinajstić information content (AvgIpc) is 2.98. The van der Waals surface area contributed by atoms with Crippen molar-refractivity contribution in [1.82, 2.24) is 9.78 Å². The Morgan fingerprint density at radius 1 is 1.43 bits per heavy atom. The number of nitrogens with one attached hydrogen (secondary N) is 1. The fourth-order valence-electron chi connectivity index (χ4n) is 2.80. The maximum absolute atomic E-state index is 13.4. The molecule has 2 unspecified atom stereocenters. The maximum atomic E-state index is 13.4. The molecule has 0 saturated heterocycles. The Morgan fingerprint density at radius 2 is 2.17 bits per heavy atom. The summed E-state index contributed by atoms with van der Waals surface area (Å²) in [6.07, 6.45) is -1.10. The zero-order valence-corrected chi connectivity index (χ0v) is 12.6. The van der Waals surface area contributed by atoms with Crippen LogP contribution in [0.25, 0.3) is 0 Å². The molecule has 1 aliphatic heterocycles. The second-order valence-electron chi connectivity index (χ2n) is 5.32. The van der Waals surface area contributed by atoms with Crippen LogP contribution in [0.2, 0.25) is 0 Å². The van der Waals surface area contributed by atoms with E-state index in [2.05, 4.69) is 10.4 Å². The highest BCUT2D eigenvalue weighted by atomic mass is 19.3. The molecule has 0 amide bonds. The molecule has 1 aromatic heterocycles. The fraction of sp³-hybridized carbons (Fsp3) is 0.375. The third kappa shape index (κ3) is 2.91. The van der Waals surface area contributed by atoms with Gasteiger partial charge in [0.15, 0.2) is 0 Å². The van der Waals surface area contributed by atoms with Crippen LogP contribution in [0.4, 0.5) is 14.6 Å². The van der Waals surface area contributed by atoms with Crippen LogP contribution in [0.15, 0.2) is 36.5 Å². The average molecular weight is 321 g/mol. The highest BCUT2D eigenvalue weighted by Gasteiger charge is 2.36. The second kappa shape index (κ2) is 6.36. The smallest absolute Gasteiger partial charge is 0.343 e. The predicted octanol–water partition coefficient (Wildman–Crippen LogP) is 3.42. The van der Waals surface area contributed by atoms with E-state index in [0.717, 1.165) is 5.56 Å². The first kappa shape index (κ1) is 15.5. The van der Waals surface area contributed by atoms with Gasteiger partial charge in [-0.05, 0) is 18.9 Å². The third-order valence-electron chi connectivity index (χ3n) is 3.89. The molecule has 1 aromatic carbocycles. The number of ether oxygens (including phenoxy) is 1. The number of hydrogen-bond donors (Lipinski definition) is 1. The van der Waals surface area contributed by atoms with Crippen LogP contribution in [0, 0.1) is 0 Å². The number of nitrogens with zero attached hydrogens (tertiary/aromatic N) is 2. The predicted molar refractivity (Wildman–Crippen MR) is 80.6 cm³/mol. The Hall–Kier alpha value is -2.44. The van der Waals surface area contributed by atoms with E-state index in [9.17, 15) is 13.6 Å². The molecule has 3 rings (SSSR count). The summed E-state index contributed by atoms with van der Waals surface area (Å²) >= 11 is 0. The van der Waals surface area contributed by atoms with Gasteiger partial charge in [-0.3, -0.25) is 0 Å². The molecule has 23 heavy (non-hydrogen) atoms. The number of benzene rings is 1. The van der Waals surface area contributed by atoms with E-state index in [4.69, 9.17) is 4.74 Å². The molecule has 5 nitrogen and oxygen atoms in total. The van der Waals surface area contributed by atoms with Crippen LogP contribution >= 0.6 is 0 Å². The topological polar surface area (TPSA) is 56.1 Å². The van der Waals surface area contributed by atoms with Crippen molar-refractivity contribution in [3.8, 4) is 0 Å². The number of rotatable bonds is 4. The second-order valence-corrected chi connectivity index (χ2v) is 5.32. The van der Waals surface area contributed by atoms with Crippen LogP contribution in [-0.2, 0) is 4.74 Å². The highest BCUT2D eigenvalue weighted by molar-refractivity contribution is 5.94. The summed E-state index contributed by atoms with van der Waals surface area (Å²) in [5, 5.41) is 7.12. The largest absolute Gasteiger partial charge is 0.462 e. The van der Waals surface area contributed by atoms with Gasteiger partial charge in [-0.2, -0.15) is 5.10 Å². The SMILES string of the molecule is CCOC(=O)c1cnn2c1NC(c1ccccc1)CC2C(F)F. The Balaban J connectivity index is 1.99. The van der Waals surface area contributed by atoms with Gasteiger partial charge in [0, 0.05) is 0 Å². The van der Waals surface area contributed by atoms with Gasteiger partial charge in [0.2, 0.25) is 0 Å². The number of halogens is 2. The van der Waals surface area contributed by atoms with E-state index < -0.39 is 18.4 Å². The van der Waals surface area contributed by atoms with Crippen molar-refractivity contribution >= 4 is 11.8 Å². The summed E-state index contributed by atoms with van der Waals surface area (Å²) in [7, 11) is 0. The standard InChI is InChI=1S/C16H17F2N3O2/c1-2-23-16(22)11-9-19-21-13(14(17)18)8-12(20-15(11)21)10-6-4-3-5-7-10/h3-7,9,12-14,20H,2,8H2,1H3. The molecular weight excluding hydrogens is 304 g/mol. The van der Waals surface area contributed by atoms with Crippen molar-refractivity contribution in [3.63, 3.8) is 0 Å². The number of aromatic nitrogens is 2. The van der Waals surface area contributed by atoms with Crippen molar-refractivity contribution in [2.45, 2.75) is 31.9 Å². The van der Waals surface area contributed by atoms with E-state index in [1.165, 1.54) is 10.9 Å². The number of hydrogen-bond acceptors (Lipinski definition) is 4. The van der Waals surface area contributed by atoms with Gasteiger partial charge >= 0.3 is 5.97 Å². The van der Waals surface area contributed by atoms with Crippen LogP contribution in [-0.4, -0.2) is 28.8 Å². The molecule has 0 bridgehead atoms. The van der Waals surface area contributed by atoms with Crippen molar-refractivity contribution in [3.05, 3.63) is 47.7 Å². The molecule has 0 aliphatic carbocycles. The van der Waals surface area contributed by atoms with Gasteiger partial charge in [-0.1, -0.05) is 30.3 Å². The summed E-state index contributed by atoms with van der Waals surface area (Å²) in [6, 6.07) is 7.92. The minimum absolute atomic E-state index is 0.179. The molecular formula is C16H17F2N3O2. The Labute approximate surface area is 132 Å². The van der Waals surface area contributed by atoms with E-state index >= 15 is 0 Å². The van der Waals surface area contributed by atoms with E-state index in [-0.39, 0.29) is 30.5 Å². The lowest BCUT2D eigenvalue weighted by atomic mass is 9.97. The Morgan fingerprint density at radius 3 is 2.83 bits per heavy atom. The zero-order valence-electron chi connectivity index (χ0n) is 12.6. The Bertz CT molecular complexity index is 688. The molecule has 2 heterocycles. The molecule has 122 valence electrons. The monoisotopic (exact) mass is 321 g/mol. The van der Waals surface area contributed by atoms with Gasteiger partial charge in [0.05, 0.1) is 18.8 Å². The first-order chi connectivity index (χ1) is 11.1. The van der Waals surface area contributed by atoms with Crippen molar-refractivity contribution < 1.29 is 18.3 Å². The lowest BCUT2D eigenvalue weighted by Crippen LogP contribution is -2.31. The fourth-order valence-corrected chi connectivity index (χ4v) is 2.80. The molecule has 2 aromatic rings. The van der Waals surface area contributed by atoms with Gasteiger partial charge < -0.3 is 10.1 Å². The molecule has 7 heteroatoms. The normalized spacial score (nSPS) is 20.0. The van der Waals surface area contributed by atoms with Gasteiger partial charge in [-0.25, -0.2) is 18.3 Å². The molecule has 0 radical (unpaired) electrons. The number of carbonyl (C=O) groups excluding carboxylic acids is 1. The molecule has 0 spiro atoms. The quantitative estimate of drug-likeness (QED) is 0.877. The highest BCUT2D eigenvalue weighted by Crippen LogP contribution is 2.39. The number of fused-ring (bicyclic) bond motifs is 1. The van der Waals surface area contributed by atoms with Crippen molar-refractivity contribution in [2.24, 2.45) is 0 Å². The van der Waals surface area contributed by atoms with Crippen LogP contribution < -0.4 is 5.32 Å². The van der Waals surface area contributed by atoms with E-state index in [1.807, 2.05) is 30.3 Å². The minimum Gasteiger partial charge on any atom is -0.462 e. The molecule has 0 fully saturated rings. The summed E-state index contributed by atoms with van der Waals surface area (Å²) in [5.74, 6) is -0.281. The first-order valence-electron chi connectivity index (χ1n) is 7.46. The lowest BCUT2D eigenvalue weighted by molar-refractivity contribution is 0.0521. The number of anilines is 1. The summed E-state index contributed by atoms with van der Waals surface area (Å²) in [6.45, 7) is 1.90. The van der Waals surface area contributed by atoms with Crippen molar-refractivity contribution in [1.29, 1.82) is 0 Å². The minimum atomic E-state index is -2.57.